The Bertz CT molecular complexity index is 728. The van der Waals surface area contributed by atoms with Crippen molar-refractivity contribution in [3.05, 3.63) is 29.8 Å². The van der Waals surface area contributed by atoms with E-state index in [0.29, 0.717) is 5.82 Å². The molecule has 1 aromatic heterocycles. The Morgan fingerprint density at radius 1 is 1.39 bits per heavy atom. The lowest BCUT2D eigenvalue weighted by Crippen LogP contribution is -2.50. The second-order valence-corrected chi connectivity index (χ2v) is 6.03. The number of carbonyl (C=O) groups excluding carboxylic acids is 1. The molecule has 2 aromatic rings. The highest BCUT2D eigenvalue weighted by Gasteiger charge is 2.30. The van der Waals surface area contributed by atoms with E-state index >= 15 is 0 Å². The predicted octanol–water partition coefficient (Wildman–Crippen LogP) is 1.70. The van der Waals surface area contributed by atoms with Gasteiger partial charge in [0.25, 0.3) is 0 Å². The molecule has 0 unspecified atom stereocenters. The van der Waals surface area contributed by atoms with Crippen LogP contribution in [0.2, 0.25) is 0 Å². The zero-order chi connectivity index (χ0) is 17.0. The SMILES string of the molecule is Cc1ccc(-c2nnn(CC(=O)N[C@](C)(C#N)C(C)C)n2)cc1. The van der Waals surface area contributed by atoms with Crippen molar-refractivity contribution in [2.75, 3.05) is 0 Å². The minimum Gasteiger partial charge on any atom is -0.336 e. The second kappa shape index (κ2) is 6.57. The number of benzene rings is 1. The van der Waals surface area contributed by atoms with Crippen LogP contribution in [0.3, 0.4) is 0 Å². The molecule has 0 saturated heterocycles. The largest absolute Gasteiger partial charge is 0.336 e. The first-order chi connectivity index (χ1) is 10.8. The molecule has 1 N–H and O–H groups in total. The number of amides is 1. The summed E-state index contributed by atoms with van der Waals surface area (Å²) in [5.41, 5.74) is 1.06. The lowest BCUT2D eigenvalue weighted by Gasteiger charge is -2.27. The van der Waals surface area contributed by atoms with Gasteiger partial charge in [-0.15, -0.1) is 10.2 Å². The number of nitriles is 1. The number of nitrogens with zero attached hydrogens (tertiary/aromatic N) is 5. The Hall–Kier alpha value is -2.75. The summed E-state index contributed by atoms with van der Waals surface area (Å²) in [4.78, 5) is 13.3. The summed E-state index contributed by atoms with van der Waals surface area (Å²) in [7, 11) is 0. The molecule has 0 aliphatic heterocycles. The monoisotopic (exact) mass is 312 g/mol. The van der Waals surface area contributed by atoms with Crippen LogP contribution in [0.5, 0.6) is 0 Å². The minimum absolute atomic E-state index is 0.0109. The summed E-state index contributed by atoms with van der Waals surface area (Å²) in [6, 6.07) is 9.87. The molecule has 0 radical (unpaired) electrons. The van der Waals surface area contributed by atoms with Crippen molar-refractivity contribution in [1.29, 1.82) is 5.26 Å². The van der Waals surface area contributed by atoms with Crippen LogP contribution in [0, 0.1) is 24.2 Å². The molecule has 7 heteroatoms. The quantitative estimate of drug-likeness (QED) is 0.906. The van der Waals surface area contributed by atoms with Crippen molar-refractivity contribution in [3.8, 4) is 17.5 Å². The topological polar surface area (TPSA) is 96.5 Å². The molecule has 0 aliphatic rings. The van der Waals surface area contributed by atoms with E-state index in [1.807, 2.05) is 45.0 Å². The maximum atomic E-state index is 12.1. The normalized spacial score (nSPS) is 13.4. The van der Waals surface area contributed by atoms with Crippen LogP contribution >= 0.6 is 0 Å². The molecular weight excluding hydrogens is 292 g/mol. The smallest absolute Gasteiger partial charge is 0.244 e. The number of aromatic nitrogens is 4. The number of nitrogens with one attached hydrogen (secondary N) is 1. The van der Waals surface area contributed by atoms with Crippen LogP contribution in [0.1, 0.15) is 26.3 Å². The van der Waals surface area contributed by atoms with Gasteiger partial charge in [-0.05, 0) is 25.0 Å². The molecular formula is C16H20N6O. The third-order valence-electron chi connectivity index (χ3n) is 3.83. The average molecular weight is 312 g/mol. The third kappa shape index (κ3) is 3.92. The number of rotatable bonds is 5. The van der Waals surface area contributed by atoms with E-state index in [4.69, 9.17) is 0 Å². The zero-order valence-corrected chi connectivity index (χ0v) is 13.7. The summed E-state index contributed by atoms with van der Waals surface area (Å²) in [5, 5.41) is 24.0. The number of hydrogen-bond acceptors (Lipinski definition) is 5. The lowest BCUT2D eigenvalue weighted by molar-refractivity contribution is -0.123. The van der Waals surface area contributed by atoms with Crippen LogP contribution in [0.4, 0.5) is 0 Å². The van der Waals surface area contributed by atoms with Gasteiger partial charge in [-0.3, -0.25) is 4.79 Å². The summed E-state index contributed by atoms with van der Waals surface area (Å²) in [5.74, 6) is 0.128. The molecule has 1 aromatic carbocycles. The van der Waals surface area contributed by atoms with Gasteiger partial charge in [0, 0.05) is 5.56 Å². The molecule has 0 saturated carbocycles. The molecule has 120 valence electrons. The number of hydrogen-bond donors (Lipinski definition) is 1. The van der Waals surface area contributed by atoms with Gasteiger partial charge in [-0.1, -0.05) is 43.7 Å². The average Bonchev–Trinajstić information content (AvgIpc) is 2.95. The van der Waals surface area contributed by atoms with E-state index in [-0.39, 0.29) is 18.4 Å². The van der Waals surface area contributed by atoms with Gasteiger partial charge in [0.15, 0.2) is 0 Å². The Balaban J connectivity index is 2.06. The van der Waals surface area contributed by atoms with Gasteiger partial charge in [0.1, 0.15) is 12.1 Å². The van der Waals surface area contributed by atoms with Gasteiger partial charge in [0.05, 0.1) is 6.07 Å². The highest BCUT2D eigenvalue weighted by atomic mass is 16.2. The lowest BCUT2D eigenvalue weighted by atomic mass is 9.90. The Morgan fingerprint density at radius 3 is 2.61 bits per heavy atom. The third-order valence-corrected chi connectivity index (χ3v) is 3.83. The molecule has 1 atom stereocenters. The molecule has 1 heterocycles. The Morgan fingerprint density at radius 2 is 2.04 bits per heavy atom. The Kier molecular flexibility index (Phi) is 4.74. The van der Waals surface area contributed by atoms with Gasteiger partial charge >= 0.3 is 0 Å². The highest BCUT2D eigenvalue weighted by Crippen LogP contribution is 2.15. The van der Waals surface area contributed by atoms with E-state index in [1.165, 1.54) is 4.80 Å². The molecule has 0 fully saturated rings. The van der Waals surface area contributed by atoms with Crippen molar-refractivity contribution in [2.45, 2.75) is 39.8 Å². The first kappa shape index (κ1) is 16.6. The Labute approximate surface area is 135 Å². The maximum absolute atomic E-state index is 12.1. The molecule has 23 heavy (non-hydrogen) atoms. The number of aryl methyl sites for hydroxylation is 1. The van der Waals surface area contributed by atoms with Crippen LogP contribution < -0.4 is 5.32 Å². The van der Waals surface area contributed by atoms with E-state index in [1.54, 1.807) is 6.92 Å². The highest BCUT2D eigenvalue weighted by molar-refractivity contribution is 5.77. The van der Waals surface area contributed by atoms with Crippen molar-refractivity contribution >= 4 is 5.91 Å². The second-order valence-electron chi connectivity index (χ2n) is 6.03. The number of carbonyl (C=O) groups is 1. The summed E-state index contributed by atoms with van der Waals surface area (Å²) >= 11 is 0. The standard InChI is InChI=1S/C16H20N6O/c1-11(2)16(4,10-17)18-14(23)9-22-20-15(19-21-22)13-7-5-12(3)6-8-13/h5-8,11H,9H2,1-4H3,(H,18,23)/t16-/m1/s1. The van der Waals surface area contributed by atoms with E-state index in [0.717, 1.165) is 11.1 Å². The summed E-state index contributed by atoms with van der Waals surface area (Å²) < 4.78 is 0. The number of tetrazole rings is 1. The maximum Gasteiger partial charge on any atom is 0.244 e. The van der Waals surface area contributed by atoms with Gasteiger partial charge in [-0.25, -0.2) is 0 Å². The fourth-order valence-corrected chi connectivity index (χ4v) is 1.89. The molecule has 7 nitrogen and oxygen atoms in total. The fraction of sp³-hybridized carbons (Fsp3) is 0.438. The molecule has 1 amide bonds. The zero-order valence-electron chi connectivity index (χ0n) is 13.7. The fourth-order valence-electron chi connectivity index (χ4n) is 1.89. The van der Waals surface area contributed by atoms with Crippen LogP contribution in [0.15, 0.2) is 24.3 Å². The molecule has 2 rings (SSSR count). The van der Waals surface area contributed by atoms with Crippen molar-refractivity contribution in [3.63, 3.8) is 0 Å². The van der Waals surface area contributed by atoms with Crippen LogP contribution in [0.25, 0.3) is 11.4 Å². The first-order valence-electron chi connectivity index (χ1n) is 7.41. The van der Waals surface area contributed by atoms with Crippen LogP contribution in [-0.4, -0.2) is 31.7 Å². The first-order valence-corrected chi connectivity index (χ1v) is 7.41. The van der Waals surface area contributed by atoms with E-state index < -0.39 is 5.54 Å². The minimum atomic E-state index is -0.919. The predicted molar refractivity (Wildman–Crippen MR) is 85.0 cm³/mol. The molecule has 0 spiro atoms. The summed E-state index contributed by atoms with van der Waals surface area (Å²) in [6.45, 7) is 7.38. The van der Waals surface area contributed by atoms with Crippen LogP contribution in [-0.2, 0) is 11.3 Å². The van der Waals surface area contributed by atoms with Crippen molar-refractivity contribution in [1.82, 2.24) is 25.5 Å². The van der Waals surface area contributed by atoms with E-state index in [2.05, 4.69) is 26.8 Å². The van der Waals surface area contributed by atoms with Gasteiger partial charge in [-0.2, -0.15) is 10.1 Å². The molecule has 0 bridgehead atoms. The van der Waals surface area contributed by atoms with E-state index in [9.17, 15) is 10.1 Å². The van der Waals surface area contributed by atoms with Crippen molar-refractivity contribution < 1.29 is 4.79 Å². The van der Waals surface area contributed by atoms with Gasteiger partial charge in [0.2, 0.25) is 11.7 Å². The summed E-state index contributed by atoms with van der Waals surface area (Å²) in [6.07, 6.45) is 0. The van der Waals surface area contributed by atoms with Crippen molar-refractivity contribution in [2.24, 2.45) is 5.92 Å². The van der Waals surface area contributed by atoms with Gasteiger partial charge < -0.3 is 5.32 Å². The molecule has 0 aliphatic carbocycles.